The van der Waals surface area contributed by atoms with Crippen LogP contribution in [0.1, 0.15) is 43.8 Å². The van der Waals surface area contributed by atoms with E-state index in [0.717, 1.165) is 30.0 Å². The quantitative estimate of drug-likeness (QED) is 0.810. The van der Waals surface area contributed by atoms with Gasteiger partial charge in [0.1, 0.15) is 5.01 Å². The summed E-state index contributed by atoms with van der Waals surface area (Å²) in [6.07, 6.45) is 3.64. The molecule has 0 saturated carbocycles. The van der Waals surface area contributed by atoms with Crippen LogP contribution in [-0.2, 0) is 17.8 Å². The summed E-state index contributed by atoms with van der Waals surface area (Å²) >= 11 is 1.62. The molecule has 1 aromatic heterocycles. The first-order chi connectivity index (χ1) is 7.26. The lowest BCUT2D eigenvalue weighted by Gasteiger charge is -2.00. The molecule has 0 fully saturated rings. The highest BCUT2D eigenvalue weighted by molar-refractivity contribution is 7.09. The van der Waals surface area contributed by atoms with E-state index in [9.17, 15) is 4.79 Å². The van der Waals surface area contributed by atoms with E-state index in [1.165, 1.54) is 0 Å². The Labute approximate surface area is 94.9 Å². The molecule has 0 aliphatic heterocycles. The van der Waals surface area contributed by atoms with Gasteiger partial charge in [-0.05, 0) is 12.8 Å². The maximum Gasteiger partial charge on any atom is 0.220 e. The number of carbonyl (C=O) groups is 1. The fourth-order valence-electron chi connectivity index (χ4n) is 1.29. The molecule has 1 aromatic rings. The van der Waals surface area contributed by atoms with Gasteiger partial charge < -0.3 is 5.32 Å². The Hall–Kier alpha value is -0.900. The Morgan fingerprint density at radius 1 is 1.47 bits per heavy atom. The minimum atomic E-state index is 0.116. The number of aromatic nitrogens is 1. The molecule has 1 rings (SSSR count). The van der Waals surface area contributed by atoms with Crippen LogP contribution in [0.15, 0.2) is 5.38 Å². The van der Waals surface area contributed by atoms with Crippen LogP contribution in [0.4, 0.5) is 0 Å². The molecule has 3 nitrogen and oxygen atoms in total. The summed E-state index contributed by atoms with van der Waals surface area (Å²) in [6, 6.07) is 0. The third-order valence-electron chi connectivity index (χ3n) is 2.02. The van der Waals surface area contributed by atoms with Crippen LogP contribution < -0.4 is 5.32 Å². The molecule has 1 N–H and O–H groups in total. The fraction of sp³-hybridized carbons (Fsp3) is 0.636. The molecule has 84 valence electrons. The summed E-state index contributed by atoms with van der Waals surface area (Å²) in [6.45, 7) is 4.72. The van der Waals surface area contributed by atoms with Crippen LogP contribution in [0.25, 0.3) is 0 Å². The molecule has 0 saturated heterocycles. The predicted molar refractivity (Wildman–Crippen MR) is 62.9 cm³/mol. The van der Waals surface area contributed by atoms with Crippen molar-refractivity contribution >= 4 is 17.2 Å². The average Bonchev–Trinajstić information content (AvgIpc) is 2.64. The van der Waals surface area contributed by atoms with Gasteiger partial charge in [-0.15, -0.1) is 11.3 Å². The van der Waals surface area contributed by atoms with Gasteiger partial charge >= 0.3 is 0 Å². The van der Waals surface area contributed by atoms with Crippen molar-refractivity contribution in [2.75, 3.05) is 0 Å². The van der Waals surface area contributed by atoms with Gasteiger partial charge in [0.2, 0.25) is 5.91 Å². The smallest absolute Gasteiger partial charge is 0.220 e. The number of nitrogens with one attached hydrogen (secondary N) is 1. The Kier molecular flexibility index (Phi) is 5.32. The summed E-state index contributed by atoms with van der Waals surface area (Å²) < 4.78 is 0. The Morgan fingerprint density at radius 2 is 2.27 bits per heavy atom. The van der Waals surface area contributed by atoms with Gasteiger partial charge in [0.25, 0.3) is 0 Å². The van der Waals surface area contributed by atoms with Gasteiger partial charge in [0.05, 0.1) is 12.2 Å². The van der Waals surface area contributed by atoms with Crippen LogP contribution in [0.5, 0.6) is 0 Å². The second-order valence-corrected chi connectivity index (χ2v) is 4.45. The molecule has 4 heteroatoms. The lowest BCUT2D eigenvalue weighted by atomic mass is 10.3. The van der Waals surface area contributed by atoms with Gasteiger partial charge in [0.15, 0.2) is 0 Å². The molecule has 0 aliphatic carbocycles. The zero-order valence-electron chi connectivity index (χ0n) is 9.38. The zero-order chi connectivity index (χ0) is 11.1. The first kappa shape index (κ1) is 12.2. The first-order valence-electron chi connectivity index (χ1n) is 5.46. The molecule has 0 atom stereocenters. The summed E-state index contributed by atoms with van der Waals surface area (Å²) in [5, 5.41) is 5.94. The van der Waals surface area contributed by atoms with E-state index in [0.29, 0.717) is 13.0 Å². The van der Waals surface area contributed by atoms with Crippen molar-refractivity contribution in [1.82, 2.24) is 10.3 Å². The van der Waals surface area contributed by atoms with Crippen LogP contribution in [0.2, 0.25) is 0 Å². The normalized spacial score (nSPS) is 10.3. The maximum atomic E-state index is 11.2. The molecule has 0 unspecified atom stereocenters. The van der Waals surface area contributed by atoms with E-state index in [4.69, 9.17) is 0 Å². The number of hydrogen-bond acceptors (Lipinski definition) is 3. The second-order valence-electron chi connectivity index (χ2n) is 3.51. The van der Waals surface area contributed by atoms with Crippen LogP contribution >= 0.6 is 11.3 Å². The van der Waals surface area contributed by atoms with Crippen molar-refractivity contribution in [3.8, 4) is 0 Å². The number of aryl methyl sites for hydroxylation is 1. The molecule has 0 aromatic carbocycles. The van der Waals surface area contributed by atoms with Gasteiger partial charge in [-0.2, -0.15) is 0 Å². The van der Waals surface area contributed by atoms with E-state index in [1.807, 2.05) is 6.92 Å². The molecule has 0 radical (unpaired) electrons. The van der Waals surface area contributed by atoms with E-state index < -0.39 is 0 Å². The molecular weight excluding hydrogens is 208 g/mol. The SMILES string of the molecule is CCCC(=O)NCc1nc(CCC)cs1. The zero-order valence-corrected chi connectivity index (χ0v) is 10.2. The van der Waals surface area contributed by atoms with Gasteiger partial charge in [-0.1, -0.05) is 20.3 Å². The third-order valence-corrected chi connectivity index (χ3v) is 2.92. The Morgan fingerprint density at radius 3 is 2.93 bits per heavy atom. The molecule has 0 bridgehead atoms. The van der Waals surface area contributed by atoms with E-state index >= 15 is 0 Å². The minimum Gasteiger partial charge on any atom is -0.350 e. The molecule has 0 spiro atoms. The van der Waals surface area contributed by atoms with E-state index in [1.54, 1.807) is 11.3 Å². The minimum absolute atomic E-state index is 0.116. The molecular formula is C11H18N2OS. The number of thiazole rings is 1. The van der Waals surface area contributed by atoms with Crippen molar-refractivity contribution < 1.29 is 4.79 Å². The largest absolute Gasteiger partial charge is 0.350 e. The summed E-state index contributed by atoms with van der Waals surface area (Å²) in [5.74, 6) is 0.116. The summed E-state index contributed by atoms with van der Waals surface area (Å²) in [4.78, 5) is 15.7. The number of hydrogen-bond donors (Lipinski definition) is 1. The molecule has 15 heavy (non-hydrogen) atoms. The predicted octanol–water partition coefficient (Wildman–Crippen LogP) is 2.51. The van der Waals surface area contributed by atoms with Crippen LogP contribution in [0, 0.1) is 0 Å². The standard InChI is InChI=1S/C11H18N2OS/c1-3-5-9-8-15-11(13-9)7-12-10(14)6-4-2/h8H,3-7H2,1-2H3,(H,12,14). The van der Waals surface area contributed by atoms with Crippen molar-refractivity contribution in [2.24, 2.45) is 0 Å². The number of carbonyl (C=O) groups excluding carboxylic acids is 1. The topological polar surface area (TPSA) is 42.0 Å². The summed E-state index contributed by atoms with van der Waals surface area (Å²) in [7, 11) is 0. The third kappa shape index (κ3) is 4.42. The van der Waals surface area contributed by atoms with Gasteiger partial charge in [-0.25, -0.2) is 4.98 Å². The second kappa shape index (κ2) is 6.56. The van der Waals surface area contributed by atoms with Crippen molar-refractivity contribution in [1.29, 1.82) is 0 Å². The number of rotatable bonds is 6. The highest BCUT2D eigenvalue weighted by Gasteiger charge is 2.03. The Bertz CT molecular complexity index is 309. The summed E-state index contributed by atoms with van der Waals surface area (Å²) in [5.41, 5.74) is 1.14. The van der Waals surface area contributed by atoms with Gasteiger partial charge in [0, 0.05) is 11.8 Å². The fourth-order valence-corrected chi connectivity index (χ4v) is 2.06. The highest BCUT2D eigenvalue weighted by Crippen LogP contribution is 2.10. The number of nitrogens with zero attached hydrogens (tertiary/aromatic N) is 1. The van der Waals surface area contributed by atoms with Crippen LogP contribution in [-0.4, -0.2) is 10.9 Å². The highest BCUT2D eigenvalue weighted by atomic mass is 32.1. The first-order valence-corrected chi connectivity index (χ1v) is 6.34. The molecule has 0 aliphatic rings. The van der Waals surface area contributed by atoms with Crippen LogP contribution in [0.3, 0.4) is 0 Å². The van der Waals surface area contributed by atoms with Gasteiger partial charge in [-0.3, -0.25) is 4.79 Å². The maximum absolute atomic E-state index is 11.2. The van der Waals surface area contributed by atoms with Crippen molar-refractivity contribution in [3.63, 3.8) is 0 Å². The lowest BCUT2D eigenvalue weighted by Crippen LogP contribution is -2.21. The van der Waals surface area contributed by atoms with Crippen molar-refractivity contribution in [3.05, 3.63) is 16.1 Å². The Balaban J connectivity index is 2.34. The lowest BCUT2D eigenvalue weighted by molar-refractivity contribution is -0.121. The van der Waals surface area contributed by atoms with E-state index in [2.05, 4.69) is 22.6 Å². The number of amides is 1. The molecule has 1 amide bonds. The van der Waals surface area contributed by atoms with E-state index in [-0.39, 0.29) is 5.91 Å². The molecule has 1 heterocycles. The van der Waals surface area contributed by atoms with Crippen molar-refractivity contribution in [2.45, 2.75) is 46.1 Å². The average molecular weight is 226 g/mol. The monoisotopic (exact) mass is 226 g/mol.